The van der Waals surface area contributed by atoms with E-state index in [2.05, 4.69) is 25.4 Å². The number of guanidine groups is 1. The van der Waals surface area contributed by atoms with Crippen LogP contribution >= 0.6 is 24.0 Å². The molecule has 0 unspecified atom stereocenters. The highest BCUT2D eigenvalue weighted by Gasteiger charge is 2.09. The molecular formula is C19H31IN6O2S. The number of hydrogen-bond acceptors (Lipinski definition) is 4. The van der Waals surface area contributed by atoms with Gasteiger partial charge in [-0.3, -0.25) is 0 Å². The van der Waals surface area contributed by atoms with E-state index < -0.39 is 10.0 Å². The van der Waals surface area contributed by atoms with Gasteiger partial charge in [0, 0.05) is 25.3 Å². The Bertz CT molecular complexity index is 911. The number of nitrogens with one attached hydrogen (secondary N) is 3. The van der Waals surface area contributed by atoms with Crippen molar-refractivity contribution in [3.05, 3.63) is 47.3 Å². The number of para-hydroxylation sites is 1. The second kappa shape index (κ2) is 12.1. The van der Waals surface area contributed by atoms with Crippen molar-refractivity contribution in [2.24, 2.45) is 4.99 Å². The van der Waals surface area contributed by atoms with E-state index >= 15 is 0 Å². The highest BCUT2D eigenvalue weighted by atomic mass is 127. The number of hydrogen-bond donors (Lipinski definition) is 3. The fourth-order valence-electron chi connectivity index (χ4n) is 2.72. The number of halogens is 1. The van der Waals surface area contributed by atoms with Gasteiger partial charge in [0.15, 0.2) is 5.96 Å². The van der Waals surface area contributed by atoms with E-state index in [4.69, 9.17) is 0 Å². The zero-order chi connectivity index (χ0) is 20.6. The molecule has 162 valence electrons. The Morgan fingerprint density at radius 3 is 2.48 bits per heavy atom. The minimum atomic E-state index is -3.18. The van der Waals surface area contributed by atoms with Crippen LogP contribution in [0.4, 0.5) is 0 Å². The molecule has 0 aliphatic rings. The molecule has 1 heterocycles. The van der Waals surface area contributed by atoms with Gasteiger partial charge in [-0.25, -0.2) is 22.8 Å². The number of sulfonamides is 1. The van der Waals surface area contributed by atoms with Crippen molar-refractivity contribution in [3.8, 4) is 5.69 Å². The molecule has 0 atom stereocenters. The summed E-state index contributed by atoms with van der Waals surface area (Å²) in [5, 5.41) is 10.9. The Morgan fingerprint density at radius 2 is 1.86 bits per heavy atom. The van der Waals surface area contributed by atoms with Crippen molar-refractivity contribution < 1.29 is 8.42 Å². The summed E-state index contributed by atoms with van der Waals surface area (Å²) in [5.41, 5.74) is 4.10. The van der Waals surface area contributed by atoms with Crippen LogP contribution in [0.2, 0.25) is 0 Å². The van der Waals surface area contributed by atoms with Crippen molar-refractivity contribution in [1.82, 2.24) is 25.1 Å². The summed E-state index contributed by atoms with van der Waals surface area (Å²) in [6.45, 7) is 9.55. The first-order valence-electron chi connectivity index (χ1n) is 9.47. The number of aromatic nitrogens is 2. The summed E-state index contributed by atoms with van der Waals surface area (Å²) in [7, 11) is -3.18. The summed E-state index contributed by atoms with van der Waals surface area (Å²) in [4.78, 5) is 4.64. The van der Waals surface area contributed by atoms with Gasteiger partial charge < -0.3 is 10.6 Å². The number of nitrogens with zero attached hydrogens (tertiary/aromatic N) is 3. The molecule has 0 amide bonds. The van der Waals surface area contributed by atoms with Crippen LogP contribution in [0, 0.1) is 13.8 Å². The molecule has 2 aromatic rings. The molecule has 0 fully saturated rings. The zero-order valence-corrected chi connectivity index (χ0v) is 20.5. The molecule has 0 aliphatic carbocycles. The molecule has 0 bridgehead atoms. The maximum absolute atomic E-state index is 11.5. The summed E-state index contributed by atoms with van der Waals surface area (Å²) < 4.78 is 27.4. The summed E-state index contributed by atoms with van der Waals surface area (Å²) in [5.74, 6) is 0.714. The molecule has 2 rings (SSSR count). The predicted molar refractivity (Wildman–Crippen MR) is 129 cm³/mol. The van der Waals surface area contributed by atoms with Crippen molar-refractivity contribution in [2.45, 2.75) is 34.2 Å². The smallest absolute Gasteiger partial charge is 0.211 e. The van der Waals surface area contributed by atoms with Crippen molar-refractivity contribution in [3.63, 3.8) is 0 Å². The molecule has 10 heteroatoms. The minimum Gasteiger partial charge on any atom is -0.357 e. The third kappa shape index (κ3) is 7.94. The Hall–Kier alpha value is -1.66. The average Bonchev–Trinajstić information content (AvgIpc) is 3.01. The van der Waals surface area contributed by atoms with Crippen molar-refractivity contribution >= 4 is 40.0 Å². The second-order valence-corrected chi connectivity index (χ2v) is 8.48. The molecule has 0 radical (unpaired) electrons. The Kier molecular flexibility index (Phi) is 10.6. The molecular weight excluding hydrogens is 503 g/mol. The molecule has 3 N–H and O–H groups in total. The van der Waals surface area contributed by atoms with Crippen LogP contribution < -0.4 is 15.4 Å². The van der Waals surface area contributed by atoms with Crippen LogP contribution in [0.3, 0.4) is 0 Å². The quantitative estimate of drug-likeness (QED) is 0.198. The standard InChI is InChI=1S/C19H30N6O2S.HI/c1-5-20-19(21-11-12-23-28(26,27)6-2)22-14-17-9-7-8-10-18(17)25-16(4)13-15(3)24-25;/h7-10,13,23H,5-6,11-12,14H2,1-4H3,(H2,20,21,22);1H. The maximum Gasteiger partial charge on any atom is 0.211 e. The van der Waals surface area contributed by atoms with Gasteiger partial charge >= 0.3 is 0 Å². The monoisotopic (exact) mass is 534 g/mol. The van der Waals surface area contributed by atoms with Gasteiger partial charge in [-0.1, -0.05) is 18.2 Å². The Balaban J connectivity index is 0.00000420. The van der Waals surface area contributed by atoms with Gasteiger partial charge in [0.25, 0.3) is 0 Å². The SMILES string of the molecule is CCNC(=NCc1ccccc1-n1nc(C)cc1C)NCCNS(=O)(=O)CC.I. The highest BCUT2D eigenvalue weighted by Crippen LogP contribution is 2.17. The van der Waals surface area contributed by atoms with Gasteiger partial charge in [-0.15, -0.1) is 24.0 Å². The third-order valence-corrected chi connectivity index (χ3v) is 5.50. The van der Waals surface area contributed by atoms with Crippen LogP contribution in [-0.2, 0) is 16.6 Å². The molecule has 29 heavy (non-hydrogen) atoms. The summed E-state index contributed by atoms with van der Waals surface area (Å²) in [6, 6.07) is 10.1. The second-order valence-electron chi connectivity index (χ2n) is 6.39. The average molecular weight is 534 g/mol. The third-order valence-electron chi connectivity index (χ3n) is 4.10. The Labute approximate surface area is 190 Å². The van der Waals surface area contributed by atoms with E-state index in [1.165, 1.54) is 0 Å². The topological polar surface area (TPSA) is 100 Å². The first-order chi connectivity index (χ1) is 13.4. The van der Waals surface area contributed by atoms with Gasteiger partial charge in [-0.05, 0) is 45.4 Å². The van der Waals surface area contributed by atoms with Crippen LogP contribution in [0.15, 0.2) is 35.3 Å². The van der Waals surface area contributed by atoms with E-state index in [1.54, 1.807) is 6.92 Å². The maximum atomic E-state index is 11.5. The van der Waals surface area contributed by atoms with E-state index in [0.717, 1.165) is 22.6 Å². The molecule has 0 saturated carbocycles. The largest absolute Gasteiger partial charge is 0.357 e. The normalized spacial score (nSPS) is 11.8. The van der Waals surface area contributed by atoms with Gasteiger partial charge in [-0.2, -0.15) is 5.10 Å². The molecule has 0 saturated heterocycles. The van der Waals surface area contributed by atoms with Crippen molar-refractivity contribution in [2.75, 3.05) is 25.4 Å². The fraction of sp³-hybridized carbons (Fsp3) is 0.474. The molecule has 0 aliphatic heterocycles. The van der Waals surface area contributed by atoms with Gasteiger partial charge in [0.05, 0.1) is 23.7 Å². The fourth-order valence-corrected chi connectivity index (χ4v) is 3.34. The predicted octanol–water partition coefficient (Wildman–Crippen LogP) is 2.10. The lowest BCUT2D eigenvalue weighted by molar-refractivity contribution is 0.582. The minimum absolute atomic E-state index is 0. The first kappa shape index (κ1) is 25.4. The lowest BCUT2D eigenvalue weighted by Crippen LogP contribution is -2.41. The van der Waals surface area contributed by atoms with E-state index in [9.17, 15) is 8.42 Å². The van der Waals surface area contributed by atoms with Crippen LogP contribution in [0.25, 0.3) is 5.69 Å². The molecule has 8 nitrogen and oxygen atoms in total. The lowest BCUT2D eigenvalue weighted by atomic mass is 10.2. The van der Waals surface area contributed by atoms with Crippen molar-refractivity contribution in [1.29, 1.82) is 0 Å². The van der Waals surface area contributed by atoms with Gasteiger partial charge in [0.2, 0.25) is 10.0 Å². The summed E-state index contributed by atoms with van der Waals surface area (Å²) >= 11 is 0. The Morgan fingerprint density at radius 1 is 1.14 bits per heavy atom. The highest BCUT2D eigenvalue weighted by molar-refractivity contribution is 14.0. The van der Waals surface area contributed by atoms with Crippen LogP contribution in [-0.4, -0.2) is 49.5 Å². The molecule has 0 spiro atoms. The van der Waals surface area contributed by atoms with E-state index in [1.807, 2.05) is 55.8 Å². The number of aliphatic imine (C=N–C) groups is 1. The molecule has 1 aromatic heterocycles. The van der Waals surface area contributed by atoms with E-state index in [-0.39, 0.29) is 29.7 Å². The summed E-state index contributed by atoms with van der Waals surface area (Å²) in [6.07, 6.45) is 0. The van der Waals surface area contributed by atoms with Gasteiger partial charge in [0.1, 0.15) is 0 Å². The van der Waals surface area contributed by atoms with Crippen LogP contribution in [0.5, 0.6) is 0 Å². The lowest BCUT2D eigenvalue weighted by Gasteiger charge is -2.13. The van der Waals surface area contributed by atoms with Crippen LogP contribution in [0.1, 0.15) is 30.8 Å². The van der Waals surface area contributed by atoms with E-state index in [0.29, 0.717) is 32.1 Å². The number of benzene rings is 1. The number of aryl methyl sites for hydroxylation is 2. The number of rotatable bonds is 9. The zero-order valence-electron chi connectivity index (χ0n) is 17.4. The first-order valence-corrected chi connectivity index (χ1v) is 11.1. The molecule has 1 aromatic carbocycles.